The van der Waals surface area contributed by atoms with Crippen LogP contribution in [0.3, 0.4) is 0 Å². The van der Waals surface area contributed by atoms with Crippen LogP contribution in [0.5, 0.6) is 11.5 Å². The van der Waals surface area contributed by atoms with Gasteiger partial charge in [0.25, 0.3) is 0 Å². The van der Waals surface area contributed by atoms with Crippen LogP contribution in [0.25, 0.3) is 0 Å². The van der Waals surface area contributed by atoms with E-state index in [-0.39, 0.29) is 17.9 Å². The Hall–Kier alpha value is -1.42. The highest BCUT2D eigenvalue weighted by Gasteiger charge is 2.18. The van der Waals surface area contributed by atoms with Gasteiger partial charge in [0.15, 0.2) is 0 Å². The minimum Gasteiger partial charge on any atom is -0.497 e. The average molecular weight is 286 g/mol. The molecule has 0 spiro atoms. The first-order chi connectivity index (χ1) is 9.03. The van der Waals surface area contributed by atoms with Crippen molar-refractivity contribution < 1.29 is 14.3 Å². The lowest BCUT2D eigenvalue weighted by molar-refractivity contribution is -0.124. The first kappa shape index (κ1) is 15.6. The third-order valence-electron chi connectivity index (χ3n) is 2.94. The second-order valence-electron chi connectivity index (χ2n) is 4.39. The molecule has 1 N–H and O–H groups in total. The highest BCUT2D eigenvalue weighted by molar-refractivity contribution is 6.19. The Kier molecular flexibility index (Phi) is 5.96. The predicted molar refractivity (Wildman–Crippen MR) is 76.0 cm³/mol. The van der Waals surface area contributed by atoms with Crippen LogP contribution < -0.4 is 14.8 Å². The van der Waals surface area contributed by atoms with Crippen molar-refractivity contribution in [2.45, 2.75) is 19.9 Å². The number of nitrogens with one attached hydrogen (secondary N) is 1. The van der Waals surface area contributed by atoms with Gasteiger partial charge in [0.1, 0.15) is 11.5 Å². The van der Waals surface area contributed by atoms with E-state index in [9.17, 15) is 4.79 Å². The van der Waals surface area contributed by atoms with Gasteiger partial charge in [0.05, 0.1) is 20.3 Å². The van der Waals surface area contributed by atoms with Gasteiger partial charge in [-0.2, -0.15) is 0 Å². The molecule has 0 aliphatic heterocycles. The minimum absolute atomic E-state index is 0.0765. The molecule has 1 aromatic rings. The van der Waals surface area contributed by atoms with E-state index in [4.69, 9.17) is 21.1 Å². The van der Waals surface area contributed by atoms with E-state index in [1.807, 2.05) is 25.1 Å². The first-order valence-electron chi connectivity index (χ1n) is 6.11. The molecule has 0 aromatic heterocycles. The number of halogens is 1. The van der Waals surface area contributed by atoms with Crippen molar-refractivity contribution in [2.75, 3.05) is 20.1 Å². The third-order valence-corrected chi connectivity index (χ3v) is 3.40. The van der Waals surface area contributed by atoms with Gasteiger partial charge in [-0.25, -0.2) is 0 Å². The molecule has 1 amide bonds. The molecule has 0 bridgehead atoms. The Morgan fingerprint density at radius 3 is 2.53 bits per heavy atom. The van der Waals surface area contributed by atoms with Gasteiger partial charge in [-0.1, -0.05) is 6.92 Å². The molecular weight excluding hydrogens is 266 g/mol. The van der Waals surface area contributed by atoms with Gasteiger partial charge in [-0.15, -0.1) is 11.6 Å². The standard InChI is InChI=1S/C14H20ClNO3/c1-9(8-15)14(17)16-10(2)12-7-11(18-3)5-6-13(12)19-4/h5-7,9-10H,8H2,1-4H3,(H,16,17). The zero-order valence-electron chi connectivity index (χ0n) is 11.7. The molecule has 2 unspecified atom stereocenters. The van der Waals surface area contributed by atoms with E-state index in [0.717, 1.165) is 11.3 Å². The lowest BCUT2D eigenvalue weighted by Gasteiger charge is -2.19. The van der Waals surface area contributed by atoms with Crippen LogP contribution in [0, 0.1) is 5.92 Å². The van der Waals surface area contributed by atoms with Crippen molar-refractivity contribution in [2.24, 2.45) is 5.92 Å². The molecule has 19 heavy (non-hydrogen) atoms. The lowest BCUT2D eigenvalue weighted by atomic mass is 10.1. The quantitative estimate of drug-likeness (QED) is 0.818. The van der Waals surface area contributed by atoms with E-state index >= 15 is 0 Å². The summed E-state index contributed by atoms with van der Waals surface area (Å²) in [4.78, 5) is 11.8. The van der Waals surface area contributed by atoms with Gasteiger partial charge < -0.3 is 14.8 Å². The highest BCUT2D eigenvalue weighted by atomic mass is 35.5. The molecule has 0 fully saturated rings. The zero-order chi connectivity index (χ0) is 14.4. The molecule has 5 heteroatoms. The summed E-state index contributed by atoms with van der Waals surface area (Å²) in [6, 6.07) is 5.32. The Bertz CT molecular complexity index is 437. The summed E-state index contributed by atoms with van der Waals surface area (Å²) in [7, 11) is 3.20. The van der Waals surface area contributed by atoms with Crippen molar-refractivity contribution in [3.05, 3.63) is 23.8 Å². The van der Waals surface area contributed by atoms with Crippen molar-refractivity contribution >= 4 is 17.5 Å². The fourth-order valence-corrected chi connectivity index (χ4v) is 1.82. The second-order valence-corrected chi connectivity index (χ2v) is 4.70. The van der Waals surface area contributed by atoms with Crippen LogP contribution in [0.4, 0.5) is 0 Å². The van der Waals surface area contributed by atoms with Gasteiger partial charge >= 0.3 is 0 Å². The summed E-state index contributed by atoms with van der Waals surface area (Å²) in [5, 5.41) is 2.91. The molecule has 2 atom stereocenters. The Labute approximate surface area is 119 Å². The lowest BCUT2D eigenvalue weighted by Crippen LogP contribution is -2.32. The smallest absolute Gasteiger partial charge is 0.224 e. The fourth-order valence-electron chi connectivity index (χ4n) is 1.68. The predicted octanol–water partition coefficient (Wildman–Crippen LogP) is 2.76. The van der Waals surface area contributed by atoms with E-state index in [1.54, 1.807) is 21.1 Å². The van der Waals surface area contributed by atoms with Crippen LogP contribution in [0.15, 0.2) is 18.2 Å². The summed E-state index contributed by atoms with van der Waals surface area (Å²) >= 11 is 5.68. The summed E-state index contributed by atoms with van der Waals surface area (Å²) in [5.41, 5.74) is 0.872. The van der Waals surface area contributed by atoms with E-state index in [2.05, 4.69) is 5.32 Å². The largest absolute Gasteiger partial charge is 0.497 e. The molecule has 106 valence electrons. The molecule has 1 rings (SSSR count). The van der Waals surface area contributed by atoms with Crippen LogP contribution in [-0.4, -0.2) is 26.0 Å². The number of methoxy groups -OCH3 is 2. The van der Waals surface area contributed by atoms with Crippen molar-refractivity contribution in [3.63, 3.8) is 0 Å². The number of hydrogen-bond donors (Lipinski definition) is 1. The molecule has 0 radical (unpaired) electrons. The summed E-state index contributed by atoms with van der Waals surface area (Å²) in [6.45, 7) is 3.69. The maximum Gasteiger partial charge on any atom is 0.224 e. The molecule has 0 aliphatic carbocycles. The number of benzene rings is 1. The first-order valence-corrected chi connectivity index (χ1v) is 6.65. The van der Waals surface area contributed by atoms with E-state index in [0.29, 0.717) is 11.6 Å². The normalized spacial score (nSPS) is 13.5. The van der Waals surface area contributed by atoms with Crippen LogP contribution >= 0.6 is 11.6 Å². The van der Waals surface area contributed by atoms with E-state index < -0.39 is 0 Å². The monoisotopic (exact) mass is 285 g/mol. The van der Waals surface area contributed by atoms with Crippen molar-refractivity contribution in [1.82, 2.24) is 5.32 Å². The van der Waals surface area contributed by atoms with Crippen molar-refractivity contribution in [1.29, 1.82) is 0 Å². The SMILES string of the molecule is COc1ccc(OC)c(C(C)NC(=O)C(C)CCl)c1. The number of rotatable bonds is 6. The zero-order valence-corrected chi connectivity index (χ0v) is 12.5. The second kappa shape index (κ2) is 7.24. The maximum absolute atomic E-state index is 11.8. The third kappa shape index (κ3) is 4.03. The number of alkyl halides is 1. The van der Waals surface area contributed by atoms with Gasteiger partial charge in [0, 0.05) is 17.4 Å². The average Bonchev–Trinajstić information content (AvgIpc) is 2.45. The van der Waals surface area contributed by atoms with Crippen LogP contribution in [0.1, 0.15) is 25.5 Å². The topological polar surface area (TPSA) is 47.6 Å². The molecule has 0 heterocycles. The van der Waals surface area contributed by atoms with Crippen molar-refractivity contribution in [3.8, 4) is 11.5 Å². The molecular formula is C14H20ClNO3. The molecule has 0 aliphatic rings. The molecule has 0 saturated heterocycles. The summed E-state index contributed by atoms with van der Waals surface area (Å²) in [6.07, 6.45) is 0. The van der Waals surface area contributed by atoms with Gasteiger partial charge in [0.2, 0.25) is 5.91 Å². The summed E-state index contributed by atoms with van der Waals surface area (Å²) < 4.78 is 10.5. The fraction of sp³-hybridized carbons (Fsp3) is 0.500. The summed E-state index contributed by atoms with van der Waals surface area (Å²) in [5.74, 6) is 1.44. The molecule has 0 saturated carbocycles. The van der Waals surface area contributed by atoms with Crippen LogP contribution in [0.2, 0.25) is 0 Å². The van der Waals surface area contributed by atoms with E-state index in [1.165, 1.54) is 0 Å². The number of hydrogen-bond acceptors (Lipinski definition) is 3. The van der Waals surface area contributed by atoms with Gasteiger partial charge in [-0.3, -0.25) is 4.79 Å². The number of carbonyl (C=O) groups excluding carboxylic acids is 1. The number of ether oxygens (including phenoxy) is 2. The molecule has 1 aromatic carbocycles. The Balaban J connectivity index is 2.91. The molecule has 4 nitrogen and oxygen atoms in total. The van der Waals surface area contributed by atoms with Gasteiger partial charge in [-0.05, 0) is 25.1 Å². The number of carbonyl (C=O) groups is 1. The number of amides is 1. The maximum atomic E-state index is 11.8. The van der Waals surface area contributed by atoms with Crippen LogP contribution in [-0.2, 0) is 4.79 Å². The Morgan fingerprint density at radius 1 is 1.32 bits per heavy atom. The minimum atomic E-state index is -0.222. The Morgan fingerprint density at radius 2 is 2.00 bits per heavy atom. The highest BCUT2D eigenvalue weighted by Crippen LogP contribution is 2.29.